The first-order valence-corrected chi connectivity index (χ1v) is 9.49. The van der Waals surface area contributed by atoms with Gasteiger partial charge in [-0.15, -0.1) is 5.10 Å². The number of nitrogens with zero attached hydrogens (tertiary/aromatic N) is 5. The summed E-state index contributed by atoms with van der Waals surface area (Å²) in [6.07, 6.45) is 1.55. The normalized spacial score (nSPS) is 11.2. The zero-order valence-electron chi connectivity index (χ0n) is 14.3. The van der Waals surface area contributed by atoms with E-state index in [0.29, 0.717) is 16.2 Å². The molecule has 7 heteroatoms. The SMILES string of the molecule is Cc1ccc(C)c(CSc2ncnc3c2nnn3-c2cccc(Cl)c2)c1. The lowest BCUT2D eigenvalue weighted by Gasteiger charge is -2.07. The van der Waals surface area contributed by atoms with Gasteiger partial charge in [0.1, 0.15) is 11.4 Å². The molecule has 0 radical (unpaired) electrons. The van der Waals surface area contributed by atoms with Crippen molar-refractivity contribution in [2.45, 2.75) is 24.6 Å². The van der Waals surface area contributed by atoms with Gasteiger partial charge in [0.25, 0.3) is 0 Å². The van der Waals surface area contributed by atoms with E-state index in [4.69, 9.17) is 11.6 Å². The zero-order valence-corrected chi connectivity index (χ0v) is 15.9. The number of thioether (sulfide) groups is 1. The maximum Gasteiger partial charge on any atom is 0.187 e. The minimum absolute atomic E-state index is 0.643. The second kappa shape index (κ2) is 7.05. The molecule has 0 unspecified atom stereocenters. The van der Waals surface area contributed by atoms with E-state index in [1.807, 2.05) is 24.3 Å². The lowest BCUT2D eigenvalue weighted by Crippen LogP contribution is -1.98. The topological polar surface area (TPSA) is 56.5 Å². The van der Waals surface area contributed by atoms with Gasteiger partial charge in [-0.25, -0.2) is 9.97 Å². The van der Waals surface area contributed by atoms with Crippen LogP contribution < -0.4 is 0 Å². The quantitative estimate of drug-likeness (QED) is 0.376. The van der Waals surface area contributed by atoms with Crippen LogP contribution in [0.3, 0.4) is 0 Å². The van der Waals surface area contributed by atoms with Crippen LogP contribution in [-0.2, 0) is 5.75 Å². The van der Waals surface area contributed by atoms with Gasteiger partial charge in [-0.05, 0) is 43.2 Å². The maximum absolute atomic E-state index is 6.09. The Morgan fingerprint density at radius 3 is 2.81 bits per heavy atom. The van der Waals surface area contributed by atoms with Gasteiger partial charge in [0.05, 0.1) is 5.69 Å². The fourth-order valence-electron chi connectivity index (χ4n) is 2.72. The summed E-state index contributed by atoms with van der Waals surface area (Å²) in [4.78, 5) is 8.77. The molecule has 5 nitrogen and oxygen atoms in total. The van der Waals surface area contributed by atoms with E-state index in [-0.39, 0.29) is 0 Å². The summed E-state index contributed by atoms with van der Waals surface area (Å²) in [5.74, 6) is 0.823. The van der Waals surface area contributed by atoms with E-state index < -0.39 is 0 Å². The number of hydrogen-bond donors (Lipinski definition) is 0. The third-order valence-electron chi connectivity index (χ3n) is 4.13. The van der Waals surface area contributed by atoms with E-state index in [0.717, 1.165) is 16.5 Å². The van der Waals surface area contributed by atoms with Crippen molar-refractivity contribution >= 4 is 34.5 Å². The molecule has 0 bridgehead atoms. The smallest absolute Gasteiger partial charge is 0.187 e. The zero-order chi connectivity index (χ0) is 18.1. The summed E-state index contributed by atoms with van der Waals surface area (Å²) >= 11 is 7.74. The average Bonchev–Trinajstić information content (AvgIpc) is 3.07. The summed E-state index contributed by atoms with van der Waals surface area (Å²) in [5, 5.41) is 10.0. The lowest BCUT2D eigenvalue weighted by atomic mass is 10.1. The van der Waals surface area contributed by atoms with Gasteiger partial charge in [-0.3, -0.25) is 0 Å². The molecule has 2 heterocycles. The van der Waals surface area contributed by atoms with E-state index in [1.54, 1.807) is 22.8 Å². The molecule has 0 spiro atoms. The molecule has 26 heavy (non-hydrogen) atoms. The van der Waals surface area contributed by atoms with E-state index in [2.05, 4.69) is 52.3 Å². The van der Waals surface area contributed by atoms with Crippen molar-refractivity contribution in [3.63, 3.8) is 0 Å². The number of rotatable bonds is 4. The molecule has 2 aromatic carbocycles. The Hall–Kier alpha value is -2.44. The molecule has 0 aliphatic heterocycles. The lowest BCUT2D eigenvalue weighted by molar-refractivity contribution is 0.817. The summed E-state index contributed by atoms with van der Waals surface area (Å²) in [7, 11) is 0. The molecular weight excluding hydrogens is 366 g/mol. The molecule has 4 rings (SSSR count). The molecule has 0 N–H and O–H groups in total. The standard InChI is InChI=1S/C19H16ClN5S/c1-12-6-7-13(2)14(8-12)10-26-19-17-18(21-11-22-19)25(24-23-17)16-5-3-4-15(20)9-16/h3-9,11H,10H2,1-2H3. The van der Waals surface area contributed by atoms with Crippen molar-refractivity contribution in [1.82, 2.24) is 25.0 Å². The Kier molecular flexibility index (Phi) is 4.61. The molecule has 0 aliphatic carbocycles. The molecule has 2 aromatic heterocycles. The molecule has 0 amide bonds. The number of hydrogen-bond acceptors (Lipinski definition) is 5. The molecular formula is C19H16ClN5S. The highest BCUT2D eigenvalue weighted by molar-refractivity contribution is 7.98. The first-order valence-electron chi connectivity index (χ1n) is 8.13. The molecule has 130 valence electrons. The van der Waals surface area contributed by atoms with Crippen LogP contribution in [0, 0.1) is 13.8 Å². The maximum atomic E-state index is 6.09. The van der Waals surface area contributed by atoms with Gasteiger partial charge in [0, 0.05) is 10.8 Å². The highest BCUT2D eigenvalue weighted by atomic mass is 35.5. The van der Waals surface area contributed by atoms with Crippen molar-refractivity contribution < 1.29 is 0 Å². The first kappa shape index (κ1) is 17.0. The number of fused-ring (bicyclic) bond motifs is 1. The first-order chi connectivity index (χ1) is 12.6. The highest BCUT2D eigenvalue weighted by Crippen LogP contribution is 2.28. The van der Waals surface area contributed by atoms with Crippen LogP contribution in [-0.4, -0.2) is 25.0 Å². The number of benzene rings is 2. The van der Waals surface area contributed by atoms with Crippen LogP contribution in [0.2, 0.25) is 5.02 Å². The van der Waals surface area contributed by atoms with Crippen molar-refractivity contribution in [3.8, 4) is 5.69 Å². The molecule has 0 fully saturated rings. The van der Waals surface area contributed by atoms with Gasteiger partial charge < -0.3 is 0 Å². The number of aromatic nitrogens is 5. The minimum atomic E-state index is 0.643. The summed E-state index contributed by atoms with van der Waals surface area (Å²) in [6, 6.07) is 13.9. The largest absolute Gasteiger partial charge is 0.227 e. The van der Waals surface area contributed by atoms with Gasteiger partial charge in [-0.1, -0.05) is 58.4 Å². The van der Waals surface area contributed by atoms with Crippen molar-refractivity contribution in [1.29, 1.82) is 0 Å². The third kappa shape index (κ3) is 3.30. The van der Waals surface area contributed by atoms with Gasteiger partial charge in [0.2, 0.25) is 0 Å². The van der Waals surface area contributed by atoms with Crippen LogP contribution in [0.1, 0.15) is 16.7 Å². The minimum Gasteiger partial charge on any atom is -0.227 e. The Bertz CT molecular complexity index is 1090. The predicted octanol–water partition coefficient (Wildman–Crippen LogP) is 4.77. The monoisotopic (exact) mass is 381 g/mol. The Morgan fingerprint density at radius 1 is 1.08 bits per heavy atom. The Morgan fingerprint density at radius 2 is 1.96 bits per heavy atom. The van der Waals surface area contributed by atoms with Gasteiger partial charge >= 0.3 is 0 Å². The molecule has 0 atom stereocenters. The van der Waals surface area contributed by atoms with Crippen molar-refractivity contribution in [2.75, 3.05) is 0 Å². The molecule has 0 aliphatic rings. The fraction of sp³-hybridized carbons (Fsp3) is 0.158. The number of halogens is 1. The second-order valence-corrected chi connectivity index (χ2v) is 7.45. The van der Waals surface area contributed by atoms with E-state index in [9.17, 15) is 0 Å². The summed E-state index contributed by atoms with van der Waals surface area (Å²) < 4.78 is 1.69. The van der Waals surface area contributed by atoms with E-state index in [1.165, 1.54) is 16.7 Å². The van der Waals surface area contributed by atoms with Crippen molar-refractivity contribution in [2.24, 2.45) is 0 Å². The van der Waals surface area contributed by atoms with Crippen LogP contribution in [0.15, 0.2) is 53.8 Å². The van der Waals surface area contributed by atoms with Crippen LogP contribution in [0.5, 0.6) is 0 Å². The molecule has 0 saturated carbocycles. The predicted molar refractivity (Wildman–Crippen MR) is 105 cm³/mol. The Balaban J connectivity index is 1.68. The Labute approximate surface area is 160 Å². The fourth-order valence-corrected chi connectivity index (χ4v) is 3.90. The van der Waals surface area contributed by atoms with Crippen LogP contribution in [0.25, 0.3) is 16.9 Å². The van der Waals surface area contributed by atoms with Crippen LogP contribution in [0.4, 0.5) is 0 Å². The third-order valence-corrected chi connectivity index (χ3v) is 5.39. The average molecular weight is 382 g/mol. The highest BCUT2D eigenvalue weighted by Gasteiger charge is 2.14. The summed E-state index contributed by atoms with van der Waals surface area (Å²) in [6.45, 7) is 4.23. The van der Waals surface area contributed by atoms with Gasteiger partial charge in [-0.2, -0.15) is 4.68 Å². The van der Waals surface area contributed by atoms with Gasteiger partial charge in [0.15, 0.2) is 11.2 Å². The molecule has 4 aromatic rings. The van der Waals surface area contributed by atoms with Crippen LogP contribution >= 0.6 is 23.4 Å². The second-order valence-electron chi connectivity index (χ2n) is 6.05. The van der Waals surface area contributed by atoms with Crippen molar-refractivity contribution in [3.05, 3.63) is 70.5 Å². The summed E-state index contributed by atoms with van der Waals surface area (Å²) in [5.41, 5.74) is 6.02. The van der Waals surface area contributed by atoms with E-state index >= 15 is 0 Å². The number of aryl methyl sites for hydroxylation is 2. The molecule has 0 saturated heterocycles.